The summed E-state index contributed by atoms with van der Waals surface area (Å²) < 4.78 is 0. The standard InChI is InChI=1S/C20H26N4O/c25-20(24-17-11-5-2-6-12-17)18-14-19(23-15-22-18)21-13-7-10-16-8-3-1-4-9-16/h1,3-4,8-9,14-15,17H,2,5-7,10-13H2,(H,24,25)(H,21,22,23). The molecule has 1 fully saturated rings. The van der Waals surface area contributed by atoms with Gasteiger partial charge in [0.15, 0.2) is 0 Å². The Hall–Kier alpha value is -2.43. The summed E-state index contributed by atoms with van der Waals surface area (Å²) in [6.45, 7) is 0.815. The van der Waals surface area contributed by atoms with E-state index in [1.807, 2.05) is 6.07 Å². The molecular formula is C20H26N4O. The molecule has 1 saturated carbocycles. The molecule has 2 aromatic rings. The quantitative estimate of drug-likeness (QED) is 0.757. The average molecular weight is 338 g/mol. The topological polar surface area (TPSA) is 66.9 Å². The monoisotopic (exact) mass is 338 g/mol. The highest BCUT2D eigenvalue weighted by Crippen LogP contribution is 2.17. The van der Waals surface area contributed by atoms with Crippen LogP contribution in [0.2, 0.25) is 0 Å². The molecule has 1 aromatic heterocycles. The molecule has 25 heavy (non-hydrogen) atoms. The zero-order valence-electron chi connectivity index (χ0n) is 14.6. The van der Waals surface area contributed by atoms with Crippen molar-refractivity contribution in [1.82, 2.24) is 15.3 Å². The Bertz CT molecular complexity index is 668. The van der Waals surface area contributed by atoms with Gasteiger partial charge in [0, 0.05) is 18.7 Å². The van der Waals surface area contributed by atoms with E-state index in [0.29, 0.717) is 17.6 Å². The average Bonchev–Trinajstić information content (AvgIpc) is 2.67. The van der Waals surface area contributed by atoms with E-state index in [2.05, 4.69) is 44.9 Å². The predicted molar refractivity (Wildman–Crippen MR) is 99.6 cm³/mol. The second-order valence-corrected chi connectivity index (χ2v) is 6.61. The molecule has 0 bridgehead atoms. The van der Waals surface area contributed by atoms with Crippen molar-refractivity contribution >= 4 is 11.7 Å². The first-order valence-corrected chi connectivity index (χ1v) is 9.22. The summed E-state index contributed by atoms with van der Waals surface area (Å²) in [6.07, 6.45) is 9.30. The molecule has 0 radical (unpaired) electrons. The van der Waals surface area contributed by atoms with Gasteiger partial charge in [-0.15, -0.1) is 0 Å². The fraction of sp³-hybridized carbons (Fsp3) is 0.450. The lowest BCUT2D eigenvalue weighted by molar-refractivity contribution is 0.0922. The van der Waals surface area contributed by atoms with Gasteiger partial charge < -0.3 is 10.6 Å². The molecule has 0 saturated heterocycles. The number of nitrogens with one attached hydrogen (secondary N) is 2. The third-order valence-electron chi connectivity index (χ3n) is 4.63. The van der Waals surface area contributed by atoms with Gasteiger partial charge in [-0.1, -0.05) is 49.6 Å². The van der Waals surface area contributed by atoms with Gasteiger partial charge in [0.1, 0.15) is 17.8 Å². The van der Waals surface area contributed by atoms with E-state index >= 15 is 0 Å². The molecule has 0 unspecified atom stereocenters. The maximum absolute atomic E-state index is 12.4. The summed E-state index contributed by atoms with van der Waals surface area (Å²) in [4.78, 5) is 20.7. The Morgan fingerprint density at radius 2 is 1.88 bits per heavy atom. The highest BCUT2D eigenvalue weighted by molar-refractivity contribution is 5.93. The van der Waals surface area contributed by atoms with Crippen LogP contribution in [-0.4, -0.2) is 28.5 Å². The minimum Gasteiger partial charge on any atom is -0.370 e. The number of amides is 1. The highest BCUT2D eigenvalue weighted by Gasteiger charge is 2.17. The minimum atomic E-state index is -0.0957. The van der Waals surface area contributed by atoms with Crippen LogP contribution in [0.15, 0.2) is 42.7 Å². The van der Waals surface area contributed by atoms with E-state index in [0.717, 1.165) is 32.2 Å². The maximum atomic E-state index is 12.4. The molecule has 0 atom stereocenters. The number of aromatic nitrogens is 2. The largest absolute Gasteiger partial charge is 0.370 e. The van der Waals surface area contributed by atoms with E-state index in [1.165, 1.54) is 31.2 Å². The molecule has 0 aliphatic heterocycles. The molecule has 3 rings (SSSR count). The Balaban J connectivity index is 1.46. The molecular weight excluding hydrogens is 312 g/mol. The van der Waals surface area contributed by atoms with Crippen molar-refractivity contribution in [2.75, 3.05) is 11.9 Å². The van der Waals surface area contributed by atoms with Crippen LogP contribution in [0.1, 0.15) is 54.6 Å². The van der Waals surface area contributed by atoms with Crippen molar-refractivity contribution in [3.63, 3.8) is 0 Å². The van der Waals surface area contributed by atoms with Gasteiger partial charge in [0.2, 0.25) is 0 Å². The van der Waals surface area contributed by atoms with Crippen LogP contribution in [0.4, 0.5) is 5.82 Å². The molecule has 1 heterocycles. The lowest BCUT2D eigenvalue weighted by Crippen LogP contribution is -2.36. The van der Waals surface area contributed by atoms with E-state index in [9.17, 15) is 4.79 Å². The van der Waals surface area contributed by atoms with Crippen LogP contribution in [0.25, 0.3) is 0 Å². The molecule has 0 spiro atoms. The SMILES string of the molecule is O=C(NC1CCCCC1)c1cc(NCCCc2ccccc2)ncn1. The van der Waals surface area contributed by atoms with Crippen LogP contribution in [0, 0.1) is 0 Å². The van der Waals surface area contributed by atoms with Crippen molar-refractivity contribution in [3.05, 3.63) is 54.0 Å². The second-order valence-electron chi connectivity index (χ2n) is 6.61. The van der Waals surface area contributed by atoms with E-state index < -0.39 is 0 Å². The number of hydrogen-bond acceptors (Lipinski definition) is 4. The van der Waals surface area contributed by atoms with Crippen LogP contribution in [-0.2, 0) is 6.42 Å². The van der Waals surface area contributed by atoms with Crippen molar-refractivity contribution < 1.29 is 4.79 Å². The number of aryl methyl sites for hydroxylation is 1. The number of benzene rings is 1. The van der Waals surface area contributed by atoms with Crippen LogP contribution in [0.5, 0.6) is 0 Å². The first-order chi connectivity index (χ1) is 12.3. The summed E-state index contributed by atoms with van der Waals surface area (Å²) in [5.41, 5.74) is 1.77. The number of hydrogen-bond donors (Lipinski definition) is 2. The lowest BCUT2D eigenvalue weighted by atomic mass is 9.95. The predicted octanol–water partition coefficient (Wildman–Crippen LogP) is 3.58. The van der Waals surface area contributed by atoms with E-state index in [4.69, 9.17) is 0 Å². The Morgan fingerprint density at radius 3 is 2.68 bits per heavy atom. The summed E-state index contributed by atoms with van der Waals surface area (Å²) >= 11 is 0. The van der Waals surface area contributed by atoms with Gasteiger partial charge in [0.25, 0.3) is 5.91 Å². The molecule has 1 aliphatic carbocycles. The fourth-order valence-corrected chi connectivity index (χ4v) is 3.24. The summed E-state index contributed by atoms with van der Waals surface area (Å²) in [5, 5.41) is 6.38. The zero-order chi connectivity index (χ0) is 17.3. The normalized spacial score (nSPS) is 14.9. The van der Waals surface area contributed by atoms with Gasteiger partial charge in [-0.05, 0) is 31.2 Å². The molecule has 132 valence electrons. The highest BCUT2D eigenvalue weighted by atomic mass is 16.1. The van der Waals surface area contributed by atoms with Gasteiger partial charge in [-0.25, -0.2) is 9.97 Å². The fourth-order valence-electron chi connectivity index (χ4n) is 3.24. The summed E-state index contributed by atoms with van der Waals surface area (Å²) in [6, 6.07) is 12.5. The van der Waals surface area contributed by atoms with Gasteiger partial charge in [-0.3, -0.25) is 4.79 Å². The molecule has 1 aliphatic rings. The maximum Gasteiger partial charge on any atom is 0.270 e. The van der Waals surface area contributed by atoms with Gasteiger partial charge in [-0.2, -0.15) is 0 Å². The van der Waals surface area contributed by atoms with Crippen LogP contribution < -0.4 is 10.6 Å². The molecule has 5 nitrogen and oxygen atoms in total. The smallest absolute Gasteiger partial charge is 0.270 e. The first kappa shape index (κ1) is 17.4. The third-order valence-corrected chi connectivity index (χ3v) is 4.63. The number of carbonyl (C=O) groups excluding carboxylic acids is 1. The second kappa shape index (κ2) is 9.16. The summed E-state index contributed by atoms with van der Waals surface area (Å²) in [5.74, 6) is 0.610. The van der Waals surface area contributed by atoms with Gasteiger partial charge >= 0.3 is 0 Å². The minimum absolute atomic E-state index is 0.0957. The number of carbonyl (C=O) groups is 1. The van der Waals surface area contributed by atoms with Crippen molar-refractivity contribution in [2.45, 2.75) is 51.0 Å². The molecule has 2 N–H and O–H groups in total. The van der Waals surface area contributed by atoms with Gasteiger partial charge in [0.05, 0.1) is 0 Å². The number of nitrogens with zero attached hydrogens (tertiary/aromatic N) is 2. The molecule has 1 aromatic carbocycles. The zero-order valence-corrected chi connectivity index (χ0v) is 14.6. The number of rotatable bonds is 7. The van der Waals surface area contributed by atoms with E-state index in [-0.39, 0.29) is 5.91 Å². The van der Waals surface area contributed by atoms with Crippen molar-refractivity contribution in [3.8, 4) is 0 Å². The Kier molecular flexibility index (Phi) is 6.37. The summed E-state index contributed by atoms with van der Waals surface area (Å²) in [7, 11) is 0. The van der Waals surface area contributed by atoms with Crippen LogP contribution in [0.3, 0.4) is 0 Å². The van der Waals surface area contributed by atoms with Crippen molar-refractivity contribution in [1.29, 1.82) is 0 Å². The third kappa shape index (κ3) is 5.55. The van der Waals surface area contributed by atoms with Crippen LogP contribution >= 0.6 is 0 Å². The lowest BCUT2D eigenvalue weighted by Gasteiger charge is -2.22. The first-order valence-electron chi connectivity index (χ1n) is 9.22. The Morgan fingerprint density at radius 1 is 1.08 bits per heavy atom. The van der Waals surface area contributed by atoms with Crippen molar-refractivity contribution in [2.24, 2.45) is 0 Å². The van der Waals surface area contributed by atoms with E-state index in [1.54, 1.807) is 6.07 Å². The molecule has 1 amide bonds. The molecule has 5 heteroatoms. The Labute approximate surface area is 149 Å². The number of anilines is 1.